The number of nitrogens with one attached hydrogen (secondary N) is 1. The fourth-order valence-electron chi connectivity index (χ4n) is 2.03. The summed E-state index contributed by atoms with van der Waals surface area (Å²) in [6.07, 6.45) is 2.68. The molecule has 19 heavy (non-hydrogen) atoms. The minimum atomic E-state index is 0.770. The van der Waals surface area contributed by atoms with Crippen LogP contribution in [-0.4, -0.2) is 15.8 Å². The number of aryl methyl sites for hydroxylation is 2. The summed E-state index contributed by atoms with van der Waals surface area (Å²) in [5, 5.41) is 9.08. The van der Waals surface area contributed by atoms with Crippen LogP contribution in [0, 0.1) is 6.92 Å². The van der Waals surface area contributed by atoms with Gasteiger partial charge in [-0.2, -0.15) is 5.10 Å². The highest BCUT2D eigenvalue weighted by atomic mass is 32.2. The molecule has 100 valence electrons. The molecule has 1 saturated carbocycles. The van der Waals surface area contributed by atoms with Crippen LogP contribution in [0.4, 0.5) is 0 Å². The van der Waals surface area contributed by atoms with E-state index in [1.165, 1.54) is 28.3 Å². The Morgan fingerprint density at radius 2 is 2.05 bits per heavy atom. The fourth-order valence-corrected chi connectivity index (χ4v) is 2.94. The lowest BCUT2D eigenvalue weighted by molar-refractivity contribution is 0.687. The van der Waals surface area contributed by atoms with Crippen LogP contribution in [0.2, 0.25) is 0 Å². The molecule has 1 aliphatic rings. The van der Waals surface area contributed by atoms with Gasteiger partial charge in [-0.3, -0.25) is 4.68 Å². The Bertz CT molecular complexity index is 555. The van der Waals surface area contributed by atoms with Crippen molar-refractivity contribution in [1.29, 1.82) is 0 Å². The average Bonchev–Trinajstić information content (AvgIpc) is 3.16. The fraction of sp³-hybridized carbons (Fsp3) is 0.400. The summed E-state index contributed by atoms with van der Waals surface area (Å²) in [6, 6.07) is 11.7. The molecule has 3 rings (SSSR count). The Kier molecular flexibility index (Phi) is 3.62. The van der Waals surface area contributed by atoms with Crippen LogP contribution in [0.3, 0.4) is 0 Å². The molecule has 4 heteroatoms. The van der Waals surface area contributed by atoms with Gasteiger partial charge >= 0.3 is 0 Å². The van der Waals surface area contributed by atoms with Gasteiger partial charge in [0.15, 0.2) is 0 Å². The molecule has 0 atom stereocenters. The van der Waals surface area contributed by atoms with E-state index in [1.54, 1.807) is 11.8 Å². The minimum Gasteiger partial charge on any atom is -0.310 e. The zero-order valence-electron chi connectivity index (χ0n) is 11.4. The monoisotopic (exact) mass is 273 g/mol. The molecule has 1 aromatic carbocycles. The number of hydrogen-bond acceptors (Lipinski definition) is 3. The molecule has 1 fully saturated rings. The third kappa shape index (κ3) is 3.39. The second-order valence-corrected chi connectivity index (χ2v) is 6.24. The smallest absolute Gasteiger partial charge is 0.0986 e. The normalized spacial score (nSPS) is 14.8. The van der Waals surface area contributed by atoms with Crippen molar-refractivity contribution in [2.45, 2.75) is 42.3 Å². The first-order valence-corrected chi connectivity index (χ1v) is 7.53. The lowest BCUT2D eigenvalue weighted by Gasteiger charge is -2.05. The van der Waals surface area contributed by atoms with Gasteiger partial charge in [-0.05, 0) is 43.5 Å². The zero-order valence-corrected chi connectivity index (χ0v) is 12.2. The summed E-state index contributed by atoms with van der Waals surface area (Å²) in [5.74, 6) is 0. The standard InChI is InChI=1S/C15H19N3S/c1-11-9-15(18(2)17-11)19-14-7-3-12(4-8-14)10-16-13-5-6-13/h3-4,7-9,13,16H,5-6,10H2,1-2H3. The number of benzene rings is 1. The van der Waals surface area contributed by atoms with Crippen molar-refractivity contribution >= 4 is 11.8 Å². The Balaban J connectivity index is 1.63. The summed E-state index contributed by atoms with van der Waals surface area (Å²) in [7, 11) is 1.99. The van der Waals surface area contributed by atoms with Crippen LogP contribution in [0.15, 0.2) is 40.3 Å². The first kappa shape index (κ1) is 12.8. The number of aromatic nitrogens is 2. The van der Waals surface area contributed by atoms with Gasteiger partial charge in [0.25, 0.3) is 0 Å². The molecule has 0 unspecified atom stereocenters. The van der Waals surface area contributed by atoms with Crippen LogP contribution < -0.4 is 5.32 Å². The van der Waals surface area contributed by atoms with Crippen molar-refractivity contribution in [3.8, 4) is 0 Å². The van der Waals surface area contributed by atoms with Crippen molar-refractivity contribution in [3.05, 3.63) is 41.6 Å². The summed E-state index contributed by atoms with van der Waals surface area (Å²) in [5.41, 5.74) is 2.42. The van der Waals surface area contributed by atoms with E-state index in [0.29, 0.717) is 0 Å². The van der Waals surface area contributed by atoms with E-state index >= 15 is 0 Å². The third-order valence-corrected chi connectivity index (χ3v) is 4.38. The third-order valence-electron chi connectivity index (χ3n) is 3.28. The summed E-state index contributed by atoms with van der Waals surface area (Å²) < 4.78 is 1.93. The molecule has 0 bridgehead atoms. The molecule has 1 aromatic heterocycles. The van der Waals surface area contributed by atoms with E-state index in [1.807, 2.05) is 18.7 Å². The van der Waals surface area contributed by atoms with Gasteiger partial charge in [0, 0.05) is 24.5 Å². The Morgan fingerprint density at radius 1 is 1.32 bits per heavy atom. The molecule has 1 aliphatic carbocycles. The van der Waals surface area contributed by atoms with Gasteiger partial charge in [-0.1, -0.05) is 23.9 Å². The van der Waals surface area contributed by atoms with Crippen molar-refractivity contribution in [2.75, 3.05) is 0 Å². The maximum absolute atomic E-state index is 4.37. The highest BCUT2D eigenvalue weighted by Gasteiger charge is 2.19. The summed E-state index contributed by atoms with van der Waals surface area (Å²) in [6.45, 7) is 3.01. The number of nitrogens with zero attached hydrogens (tertiary/aromatic N) is 2. The maximum atomic E-state index is 4.37. The quantitative estimate of drug-likeness (QED) is 0.907. The van der Waals surface area contributed by atoms with E-state index in [2.05, 4.69) is 40.7 Å². The van der Waals surface area contributed by atoms with Gasteiger partial charge < -0.3 is 5.32 Å². The van der Waals surface area contributed by atoms with E-state index < -0.39 is 0 Å². The largest absolute Gasteiger partial charge is 0.310 e. The second kappa shape index (κ2) is 5.39. The Morgan fingerprint density at radius 3 is 2.63 bits per heavy atom. The second-order valence-electron chi connectivity index (χ2n) is 5.15. The highest BCUT2D eigenvalue weighted by Crippen LogP contribution is 2.28. The van der Waals surface area contributed by atoms with Gasteiger partial charge in [0.2, 0.25) is 0 Å². The van der Waals surface area contributed by atoms with Gasteiger partial charge in [-0.15, -0.1) is 0 Å². The SMILES string of the molecule is Cc1cc(Sc2ccc(CNC3CC3)cc2)n(C)n1. The molecule has 2 aromatic rings. The van der Waals surface area contributed by atoms with Crippen LogP contribution in [0.1, 0.15) is 24.1 Å². The first-order valence-electron chi connectivity index (χ1n) is 6.71. The topological polar surface area (TPSA) is 29.9 Å². The molecule has 1 heterocycles. The predicted octanol–water partition coefficient (Wildman–Crippen LogP) is 3.13. The van der Waals surface area contributed by atoms with Crippen molar-refractivity contribution in [3.63, 3.8) is 0 Å². The van der Waals surface area contributed by atoms with Gasteiger partial charge in [-0.25, -0.2) is 0 Å². The van der Waals surface area contributed by atoms with Gasteiger partial charge in [0.05, 0.1) is 10.7 Å². The predicted molar refractivity (Wildman–Crippen MR) is 78.4 cm³/mol. The molecule has 0 saturated heterocycles. The molecule has 1 N–H and O–H groups in total. The van der Waals surface area contributed by atoms with Crippen LogP contribution >= 0.6 is 11.8 Å². The molecule has 0 spiro atoms. The van der Waals surface area contributed by atoms with Crippen LogP contribution in [0.5, 0.6) is 0 Å². The minimum absolute atomic E-state index is 0.770. The molecule has 0 aliphatic heterocycles. The van der Waals surface area contributed by atoms with E-state index in [4.69, 9.17) is 0 Å². The zero-order chi connectivity index (χ0) is 13.2. The van der Waals surface area contributed by atoms with Crippen molar-refractivity contribution in [1.82, 2.24) is 15.1 Å². The van der Waals surface area contributed by atoms with E-state index in [9.17, 15) is 0 Å². The summed E-state index contributed by atoms with van der Waals surface area (Å²) >= 11 is 1.76. The van der Waals surface area contributed by atoms with E-state index in [0.717, 1.165) is 18.3 Å². The van der Waals surface area contributed by atoms with E-state index in [-0.39, 0.29) is 0 Å². The lowest BCUT2D eigenvalue weighted by atomic mass is 10.2. The van der Waals surface area contributed by atoms with Crippen LogP contribution in [-0.2, 0) is 13.6 Å². The number of hydrogen-bond donors (Lipinski definition) is 1. The number of rotatable bonds is 5. The maximum Gasteiger partial charge on any atom is 0.0986 e. The Hall–Kier alpha value is -1.26. The van der Waals surface area contributed by atoms with Crippen LogP contribution in [0.25, 0.3) is 0 Å². The molecule has 0 amide bonds. The average molecular weight is 273 g/mol. The highest BCUT2D eigenvalue weighted by molar-refractivity contribution is 7.99. The molecule has 0 radical (unpaired) electrons. The summed E-state index contributed by atoms with van der Waals surface area (Å²) in [4.78, 5) is 1.26. The van der Waals surface area contributed by atoms with Gasteiger partial charge in [0.1, 0.15) is 0 Å². The molecular weight excluding hydrogens is 254 g/mol. The molecular formula is C15H19N3S. The molecule has 3 nitrogen and oxygen atoms in total. The lowest BCUT2D eigenvalue weighted by Crippen LogP contribution is -2.14. The Labute approximate surface area is 118 Å². The van der Waals surface area contributed by atoms with Crippen molar-refractivity contribution < 1.29 is 0 Å². The van der Waals surface area contributed by atoms with Crippen molar-refractivity contribution in [2.24, 2.45) is 7.05 Å². The first-order chi connectivity index (χ1) is 9.20.